The molecule has 0 aromatic heterocycles. The second kappa shape index (κ2) is 4.35. The molecule has 1 aliphatic heterocycles. The zero-order chi connectivity index (χ0) is 10.8. The van der Waals surface area contributed by atoms with Crippen molar-refractivity contribution in [3.05, 3.63) is 11.1 Å². The van der Waals surface area contributed by atoms with Crippen LogP contribution in [0.1, 0.15) is 6.42 Å². The fourth-order valence-electron chi connectivity index (χ4n) is 1.21. The molecule has 1 aliphatic rings. The summed E-state index contributed by atoms with van der Waals surface area (Å²) in [4.78, 5) is 11.3. The molecule has 0 aromatic carbocycles. The summed E-state index contributed by atoms with van der Waals surface area (Å²) in [6.45, 7) is 3.34. The molecule has 3 nitrogen and oxygen atoms in total. The van der Waals surface area contributed by atoms with Crippen LogP contribution in [0.5, 0.6) is 0 Å². The molecule has 14 heavy (non-hydrogen) atoms. The maximum Gasteiger partial charge on any atom is 0.262 e. The van der Waals surface area contributed by atoms with Crippen LogP contribution in [-0.2, 0) is 4.79 Å². The number of hydrogen-bond donors (Lipinski definition) is 2. The first kappa shape index (κ1) is 11.6. The van der Waals surface area contributed by atoms with Gasteiger partial charge < -0.3 is 5.32 Å². The van der Waals surface area contributed by atoms with Crippen molar-refractivity contribution in [1.82, 2.24) is 10.6 Å². The molecule has 1 saturated heterocycles. The van der Waals surface area contributed by atoms with E-state index in [1.807, 2.05) is 0 Å². The molecule has 1 rings (SSSR count). The molecular weight excluding hydrogens is 258 g/mol. The molecule has 0 aromatic rings. The molecule has 0 saturated carbocycles. The van der Waals surface area contributed by atoms with Gasteiger partial charge in [0, 0.05) is 17.4 Å². The van der Waals surface area contributed by atoms with Crippen LogP contribution in [0.3, 0.4) is 0 Å². The van der Waals surface area contributed by atoms with Gasteiger partial charge in [0.2, 0.25) is 5.91 Å². The normalized spacial score (nSPS) is 24.6. The first-order valence-electron chi connectivity index (χ1n) is 4.13. The summed E-state index contributed by atoms with van der Waals surface area (Å²) in [6, 6.07) is -0.795. The van der Waals surface area contributed by atoms with Crippen LogP contribution >= 0.6 is 15.9 Å². The minimum atomic E-state index is -2.77. The van der Waals surface area contributed by atoms with Crippen molar-refractivity contribution in [2.45, 2.75) is 18.4 Å². The summed E-state index contributed by atoms with van der Waals surface area (Å²) < 4.78 is 26.0. The Bertz CT molecular complexity index is 258. The van der Waals surface area contributed by atoms with Crippen LogP contribution in [0.15, 0.2) is 11.1 Å². The van der Waals surface area contributed by atoms with Crippen molar-refractivity contribution in [3.8, 4) is 0 Å². The Balaban J connectivity index is 2.36. The highest BCUT2D eigenvalue weighted by Crippen LogP contribution is 2.24. The first-order valence-corrected chi connectivity index (χ1v) is 4.92. The van der Waals surface area contributed by atoms with Crippen molar-refractivity contribution in [3.63, 3.8) is 0 Å². The van der Waals surface area contributed by atoms with Crippen molar-refractivity contribution >= 4 is 21.8 Å². The lowest BCUT2D eigenvalue weighted by molar-refractivity contribution is -0.123. The van der Waals surface area contributed by atoms with Gasteiger partial charge in [-0.1, -0.05) is 22.5 Å². The molecular formula is C8H11BrF2N2O. The van der Waals surface area contributed by atoms with E-state index in [-0.39, 0.29) is 6.54 Å². The third-order valence-corrected chi connectivity index (χ3v) is 2.16. The topological polar surface area (TPSA) is 41.1 Å². The van der Waals surface area contributed by atoms with E-state index in [4.69, 9.17) is 0 Å². The molecule has 1 amide bonds. The van der Waals surface area contributed by atoms with E-state index >= 15 is 0 Å². The van der Waals surface area contributed by atoms with Gasteiger partial charge in [0.05, 0.1) is 12.6 Å². The Morgan fingerprint density at radius 2 is 2.36 bits per heavy atom. The Morgan fingerprint density at radius 3 is 2.79 bits per heavy atom. The Kier molecular flexibility index (Phi) is 3.60. The summed E-state index contributed by atoms with van der Waals surface area (Å²) >= 11 is 3.06. The third kappa shape index (κ3) is 3.34. The van der Waals surface area contributed by atoms with E-state index in [1.54, 1.807) is 0 Å². The average Bonchev–Trinajstić information content (AvgIpc) is 2.41. The SMILES string of the molecule is C=C(Br)CNC(=O)C1CC(F)(F)CN1. The van der Waals surface area contributed by atoms with E-state index in [0.717, 1.165) is 0 Å². The highest BCUT2D eigenvalue weighted by Gasteiger charge is 2.42. The molecule has 1 heterocycles. The van der Waals surface area contributed by atoms with Crippen molar-refractivity contribution in [2.75, 3.05) is 13.1 Å². The molecule has 80 valence electrons. The van der Waals surface area contributed by atoms with Crippen LogP contribution in [-0.4, -0.2) is 31.0 Å². The average molecular weight is 269 g/mol. The van der Waals surface area contributed by atoms with Crippen molar-refractivity contribution in [2.24, 2.45) is 0 Å². The van der Waals surface area contributed by atoms with E-state index < -0.39 is 30.8 Å². The van der Waals surface area contributed by atoms with Gasteiger partial charge in [-0.25, -0.2) is 8.78 Å². The van der Waals surface area contributed by atoms with Crippen LogP contribution < -0.4 is 10.6 Å². The lowest BCUT2D eigenvalue weighted by Gasteiger charge is -2.10. The fourth-order valence-corrected chi connectivity index (χ4v) is 1.35. The largest absolute Gasteiger partial charge is 0.350 e. The second-order valence-electron chi connectivity index (χ2n) is 3.23. The summed E-state index contributed by atoms with van der Waals surface area (Å²) in [5, 5.41) is 4.94. The third-order valence-electron chi connectivity index (χ3n) is 1.88. The standard InChI is InChI=1S/C8H11BrF2N2O/c1-5(9)3-12-7(14)6-2-8(10,11)4-13-6/h6,13H,1-4H2,(H,12,14). The van der Waals surface area contributed by atoms with Gasteiger partial charge in [-0.2, -0.15) is 0 Å². The van der Waals surface area contributed by atoms with Gasteiger partial charge in [0.25, 0.3) is 5.92 Å². The Morgan fingerprint density at radius 1 is 1.71 bits per heavy atom. The minimum Gasteiger partial charge on any atom is -0.350 e. The number of amides is 1. The van der Waals surface area contributed by atoms with Gasteiger partial charge in [-0.15, -0.1) is 0 Å². The highest BCUT2D eigenvalue weighted by atomic mass is 79.9. The van der Waals surface area contributed by atoms with Gasteiger partial charge >= 0.3 is 0 Å². The summed E-state index contributed by atoms with van der Waals surface area (Å²) in [6.07, 6.45) is -0.437. The number of halogens is 3. The lowest BCUT2D eigenvalue weighted by Crippen LogP contribution is -2.40. The predicted molar refractivity (Wildman–Crippen MR) is 52.4 cm³/mol. The molecule has 0 spiro atoms. The lowest BCUT2D eigenvalue weighted by atomic mass is 10.2. The molecule has 1 fully saturated rings. The first-order chi connectivity index (χ1) is 6.41. The number of rotatable bonds is 3. The molecule has 2 N–H and O–H groups in total. The van der Waals surface area contributed by atoms with Crippen molar-refractivity contribution in [1.29, 1.82) is 0 Å². The van der Waals surface area contributed by atoms with Crippen LogP contribution in [0.4, 0.5) is 8.78 Å². The minimum absolute atomic E-state index is 0.253. The maximum atomic E-state index is 12.7. The number of nitrogens with one attached hydrogen (secondary N) is 2. The van der Waals surface area contributed by atoms with Crippen LogP contribution in [0, 0.1) is 0 Å². The maximum absolute atomic E-state index is 12.7. The zero-order valence-corrected chi connectivity index (χ0v) is 9.03. The van der Waals surface area contributed by atoms with Crippen LogP contribution in [0.2, 0.25) is 0 Å². The Labute approximate surface area is 89.1 Å². The van der Waals surface area contributed by atoms with E-state index in [1.165, 1.54) is 0 Å². The number of carbonyl (C=O) groups is 1. The smallest absolute Gasteiger partial charge is 0.262 e. The molecule has 0 radical (unpaired) electrons. The molecule has 6 heteroatoms. The summed E-state index contributed by atoms with van der Waals surface area (Å²) in [7, 11) is 0. The van der Waals surface area contributed by atoms with Gasteiger partial charge in [0.1, 0.15) is 0 Å². The quantitative estimate of drug-likeness (QED) is 0.802. The van der Waals surface area contributed by atoms with Gasteiger partial charge in [-0.3, -0.25) is 10.1 Å². The Hall–Kier alpha value is -0.490. The van der Waals surface area contributed by atoms with E-state index in [9.17, 15) is 13.6 Å². The molecule has 1 atom stereocenters. The highest BCUT2D eigenvalue weighted by molar-refractivity contribution is 9.11. The molecule has 0 aliphatic carbocycles. The second-order valence-corrected chi connectivity index (χ2v) is 4.35. The van der Waals surface area contributed by atoms with E-state index in [0.29, 0.717) is 4.48 Å². The summed E-state index contributed by atoms with van der Waals surface area (Å²) in [5.41, 5.74) is 0. The molecule has 1 unspecified atom stereocenters. The zero-order valence-electron chi connectivity index (χ0n) is 7.45. The number of carbonyl (C=O) groups excluding carboxylic acids is 1. The van der Waals surface area contributed by atoms with Gasteiger partial charge in [-0.05, 0) is 0 Å². The number of alkyl halides is 2. The number of hydrogen-bond acceptors (Lipinski definition) is 2. The van der Waals surface area contributed by atoms with E-state index in [2.05, 4.69) is 33.1 Å². The summed E-state index contributed by atoms with van der Waals surface area (Å²) in [5.74, 6) is -3.18. The predicted octanol–water partition coefficient (Wildman–Crippen LogP) is 1.01. The monoisotopic (exact) mass is 268 g/mol. The molecule has 0 bridgehead atoms. The fraction of sp³-hybridized carbons (Fsp3) is 0.625. The van der Waals surface area contributed by atoms with Crippen molar-refractivity contribution < 1.29 is 13.6 Å². The van der Waals surface area contributed by atoms with Crippen LogP contribution in [0.25, 0.3) is 0 Å². The van der Waals surface area contributed by atoms with Gasteiger partial charge in [0.15, 0.2) is 0 Å².